The van der Waals surface area contributed by atoms with E-state index in [1.165, 1.54) is 12.5 Å². The molecule has 0 spiro atoms. The summed E-state index contributed by atoms with van der Waals surface area (Å²) in [5, 5.41) is 0. The average Bonchev–Trinajstić information content (AvgIpc) is 2.24. The summed E-state index contributed by atoms with van der Waals surface area (Å²) in [6.45, 7) is 1.81. The van der Waals surface area contributed by atoms with Crippen LogP contribution in [0.5, 0.6) is 0 Å². The van der Waals surface area contributed by atoms with Gasteiger partial charge in [-0.1, -0.05) is 12.2 Å². The molecule has 0 aliphatic carbocycles. The van der Waals surface area contributed by atoms with Gasteiger partial charge >= 0.3 is 0 Å². The highest BCUT2D eigenvalue weighted by Crippen LogP contribution is 2.16. The summed E-state index contributed by atoms with van der Waals surface area (Å²) in [7, 11) is 0. The van der Waals surface area contributed by atoms with Crippen LogP contribution in [0.1, 0.15) is 5.69 Å². The number of hydrogen-bond acceptors (Lipinski definition) is 4. The summed E-state index contributed by atoms with van der Waals surface area (Å²) in [5.41, 5.74) is 1.39. The summed E-state index contributed by atoms with van der Waals surface area (Å²) in [6, 6.07) is 0. The van der Waals surface area contributed by atoms with Gasteiger partial charge in [0.2, 0.25) is 0 Å². The molecular formula is C9H7FN4S. The van der Waals surface area contributed by atoms with Crippen molar-refractivity contribution in [2.45, 2.75) is 6.92 Å². The van der Waals surface area contributed by atoms with Gasteiger partial charge in [0.15, 0.2) is 10.5 Å². The molecule has 4 nitrogen and oxygen atoms in total. The first-order valence-corrected chi connectivity index (χ1v) is 4.61. The molecule has 2 heterocycles. The maximum absolute atomic E-state index is 13.5. The van der Waals surface area contributed by atoms with Gasteiger partial charge in [-0.05, 0) is 6.92 Å². The minimum absolute atomic E-state index is 0.0777. The molecule has 0 unspecified atom stereocenters. The van der Waals surface area contributed by atoms with E-state index in [9.17, 15) is 4.39 Å². The lowest BCUT2D eigenvalue weighted by Crippen LogP contribution is -1.96. The first-order chi connectivity index (χ1) is 7.18. The Balaban J connectivity index is 2.59. The highest BCUT2D eigenvalue weighted by atomic mass is 32.1. The normalized spacial score (nSPS) is 10.3. The van der Waals surface area contributed by atoms with E-state index in [1.807, 2.05) is 6.92 Å². The zero-order valence-corrected chi connectivity index (χ0v) is 8.68. The quantitative estimate of drug-likeness (QED) is 0.750. The number of aryl methyl sites for hydroxylation is 1. The number of hydrogen-bond donors (Lipinski definition) is 1. The summed E-state index contributed by atoms with van der Waals surface area (Å²) in [5.74, 6) is -0.578. The molecule has 0 aliphatic rings. The minimum atomic E-state index is -0.578. The van der Waals surface area contributed by atoms with Gasteiger partial charge in [0.25, 0.3) is 0 Å². The molecule has 0 aromatic carbocycles. The smallest absolute Gasteiger partial charge is 0.185 e. The van der Waals surface area contributed by atoms with E-state index in [0.29, 0.717) is 5.69 Å². The van der Waals surface area contributed by atoms with Crippen molar-refractivity contribution in [3.05, 3.63) is 34.9 Å². The molecule has 6 heteroatoms. The number of aromatic nitrogens is 4. The summed E-state index contributed by atoms with van der Waals surface area (Å²) in [6.07, 6.45) is 4.38. The highest BCUT2D eigenvalue weighted by molar-refractivity contribution is 7.71. The number of halogens is 1. The van der Waals surface area contributed by atoms with Crippen molar-refractivity contribution < 1.29 is 4.39 Å². The highest BCUT2D eigenvalue weighted by Gasteiger charge is 2.08. The van der Waals surface area contributed by atoms with Crippen LogP contribution < -0.4 is 0 Å². The van der Waals surface area contributed by atoms with Crippen molar-refractivity contribution in [1.29, 1.82) is 0 Å². The van der Waals surface area contributed by atoms with Crippen molar-refractivity contribution in [1.82, 2.24) is 19.9 Å². The Morgan fingerprint density at radius 3 is 2.73 bits per heavy atom. The summed E-state index contributed by atoms with van der Waals surface area (Å²) in [4.78, 5) is 14.3. The van der Waals surface area contributed by atoms with Gasteiger partial charge in [-0.2, -0.15) is 0 Å². The molecule has 0 saturated carbocycles. The van der Waals surface area contributed by atoms with Gasteiger partial charge in [-0.25, -0.2) is 9.37 Å². The van der Waals surface area contributed by atoms with Gasteiger partial charge in [0.1, 0.15) is 11.4 Å². The second-order valence-electron chi connectivity index (χ2n) is 2.94. The topological polar surface area (TPSA) is 54.5 Å². The number of H-pyrrole nitrogens is 1. The van der Waals surface area contributed by atoms with E-state index < -0.39 is 5.82 Å². The predicted octanol–water partition coefficient (Wildman–Crippen LogP) is 2.04. The zero-order chi connectivity index (χ0) is 10.8. The number of nitrogens with one attached hydrogen (secondary N) is 1. The molecule has 0 amide bonds. The van der Waals surface area contributed by atoms with Crippen molar-refractivity contribution >= 4 is 12.2 Å². The van der Waals surface area contributed by atoms with Crippen LogP contribution >= 0.6 is 12.2 Å². The average molecular weight is 222 g/mol. The largest absolute Gasteiger partial charge is 0.342 e. The van der Waals surface area contributed by atoms with Crippen LogP contribution in [0.4, 0.5) is 4.39 Å². The fourth-order valence-corrected chi connectivity index (χ4v) is 1.25. The third-order valence-corrected chi connectivity index (χ3v) is 2.12. The molecule has 0 radical (unpaired) electrons. The Kier molecular flexibility index (Phi) is 2.51. The fraction of sp³-hybridized carbons (Fsp3) is 0.111. The van der Waals surface area contributed by atoms with E-state index in [2.05, 4.69) is 19.9 Å². The van der Waals surface area contributed by atoms with E-state index in [-0.39, 0.29) is 10.3 Å². The van der Waals surface area contributed by atoms with Gasteiger partial charge in [-0.15, -0.1) is 0 Å². The van der Waals surface area contributed by atoms with Gasteiger partial charge in [-0.3, -0.25) is 9.97 Å². The molecule has 2 aromatic rings. The lowest BCUT2D eigenvalue weighted by Gasteiger charge is -2.01. The Morgan fingerprint density at radius 2 is 2.07 bits per heavy atom. The third kappa shape index (κ3) is 1.89. The monoisotopic (exact) mass is 222 g/mol. The van der Waals surface area contributed by atoms with E-state index >= 15 is 0 Å². The van der Waals surface area contributed by atoms with E-state index in [1.54, 1.807) is 6.20 Å². The Hall–Kier alpha value is -1.69. The molecule has 0 bridgehead atoms. The second kappa shape index (κ2) is 3.82. The zero-order valence-electron chi connectivity index (χ0n) is 7.86. The van der Waals surface area contributed by atoms with Crippen LogP contribution in [0.15, 0.2) is 18.7 Å². The van der Waals surface area contributed by atoms with Gasteiger partial charge < -0.3 is 4.98 Å². The molecule has 2 aromatic heterocycles. The molecule has 0 atom stereocenters. The van der Waals surface area contributed by atoms with Crippen molar-refractivity contribution in [3.8, 4) is 11.4 Å². The SMILES string of the molecule is Cc1cnc(-c2[nH]cnc(=S)c2F)cn1. The van der Waals surface area contributed by atoms with Crippen molar-refractivity contribution in [2.24, 2.45) is 0 Å². The maximum atomic E-state index is 13.5. The van der Waals surface area contributed by atoms with Gasteiger partial charge in [0.05, 0.1) is 18.2 Å². The molecule has 1 N–H and O–H groups in total. The Bertz CT molecular complexity index is 535. The number of rotatable bonds is 1. The predicted molar refractivity (Wildman–Crippen MR) is 55.1 cm³/mol. The number of nitrogens with zero attached hydrogens (tertiary/aromatic N) is 3. The van der Waals surface area contributed by atoms with E-state index in [0.717, 1.165) is 5.69 Å². The van der Waals surface area contributed by atoms with Crippen molar-refractivity contribution in [3.63, 3.8) is 0 Å². The first kappa shape index (κ1) is 9.85. The minimum Gasteiger partial charge on any atom is -0.342 e. The second-order valence-corrected chi connectivity index (χ2v) is 3.33. The fourth-order valence-electron chi connectivity index (χ4n) is 1.09. The van der Waals surface area contributed by atoms with E-state index in [4.69, 9.17) is 12.2 Å². The third-order valence-electron chi connectivity index (χ3n) is 1.84. The Morgan fingerprint density at radius 1 is 1.27 bits per heavy atom. The Labute approximate surface area is 90.3 Å². The van der Waals surface area contributed by atoms with Crippen LogP contribution in [0.3, 0.4) is 0 Å². The molecule has 0 saturated heterocycles. The van der Waals surface area contributed by atoms with Crippen LogP contribution in [0.25, 0.3) is 11.4 Å². The van der Waals surface area contributed by atoms with Crippen molar-refractivity contribution in [2.75, 3.05) is 0 Å². The van der Waals surface area contributed by atoms with Gasteiger partial charge in [0, 0.05) is 6.20 Å². The standard InChI is InChI=1S/C9H7FN4S/c1-5-2-12-6(3-11-5)8-7(10)9(15)14-4-13-8/h2-4H,1H3,(H,13,14,15). The molecular weight excluding hydrogens is 215 g/mol. The summed E-state index contributed by atoms with van der Waals surface area (Å²) >= 11 is 4.71. The van der Waals surface area contributed by atoms with Crippen LogP contribution in [0, 0.1) is 17.4 Å². The molecule has 0 aliphatic heterocycles. The van der Waals surface area contributed by atoms with Crippen LogP contribution in [-0.4, -0.2) is 19.9 Å². The van der Waals surface area contributed by atoms with Crippen LogP contribution in [0.2, 0.25) is 0 Å². The molecule has 0 fully saturated rings. The number of aromatic amines is 1. The molecule has 76 valence electrons. The first-order valence-electron chi connectivity index (χ1n) is 4.20. The lowest BCUT2D eigenvalue weighted by molar-refractivity contribution is 0.612. The maximum Gasteiger partial charge on any atom is 0.185 e. The summed E-state index contributed by atoms with van der Waals surface area (Å²) < 4.78 is 13.4. The van der Waals surface area contributed by atoms with Crippen LogP contribution in [-0.2, 0) is 0 Å². The molecule has 15 heavy (non-hydrogen) atoms. The molecule has 2 rings (SSSR count). The lowest BCUT2D eigenvalue weighted by atomic mass is 10.3.